The Morgan fingerprint density at radius 1 is 1.09 bits per heavy atom. The molecule has 7 heteroatoms. The van der Waals surface area contributed by atoms with Crippen LogP contribution in [0.2, 0.25) is 0 Å². The molecular formula is C16H18N2O5. The average Bonchev–Trinajstić information content (AvgIpc) is 2.79. The van der Waals surface area contributed by atoms with E-state index in [9.17, 15) is 19.2 Å². The molecule has 0 unspecified atom stereocenters. The maximum absolute atomic E-state index is 12.5. The van der Waals surface area contributed by atoms with E-state index in [1.807, 2.05) is 0 Å². The lowest BCUT2D eigenvalue weighted by molar-refractivity contribution is -0.149. The number of esters is 1. The third kappa shape index (κ3) is 2.75. The molecule has 0 radical (unpaired) electrons. The van der Waals surface area contributed by atoms with Gasteiger partial charge in [0, 0.05) is 0 Å². The number of benzene rings is 1. The van der Waals surface area contributed by atoms with Crippen LogP contribution in [0.25, 0.3) is 0 Å². The van der Waals surface area contributed by atoms with Crippen molar-refractivity contribution >= 4 is 23.6 Å². The zero-order valence-electron chi connectivity index (χ0n) is 13.1. The first-order valence-electron chi connectivity index (χ1n) is 7.15. The molecule has 2 N–H and O–H groups in total. The minimum Gasteiger partial charge on any atom is -0.467 e. The Bertz CT molecular complexity index is 648. The van der Waals surface area contributed by atoms with Crippen LogP contribution in [0.4, 0.5) is 0 Å². The maximum Gasteiger partial charge on any atom is 0.336 e. The van der Waals surface area contributed by atoms with Crippen molar-refractivity contribution in [1.29, 1.82) is 0 Å². The van der Waals surface area contributed by atoms with E-state index in [1.165, 1.54) is 12.1 Å². The molecule has 1 heterocycles. The molecule has 1 aliphatic rings. The Morgan fingerprint density at radius 2 is 1.57 bits per heavy atom. The summed E-state index contributed by atoms with van der Waals surface area (Å²) < 4.78 is 4.61. The van der Waals surface area contributed by atoms with E-state index in [1.54, 1.807) is 26.0 Å². The van der Waals surface area contributed by atoms with Gasteiger partial charge in [-0.1, -0.05) is 26.0 Å². The molecule has 1 aromatic carbocycles. The van der Waals surface area contributed by atoms with E-state index in [4.69, 9.17) is 5.73 Å². The molecule has 0 saturated heterocycles. The highest BCUT2D eigenvalue weighted by Crippen LogP contribution is 2.26. The third-order valence-electron chi connectivity index (χ3n) is 3.82. The van der Waals surface area contributed by atoms with Gasteiger partial charge in [0.25, 0.3) is 11.8 Å². The van der Waals surface area contributed by atoms with Gasteiger partial charge in [-0.25, -0.2) is 4.79 Å². The fraction of sp³-hybridized carbons (Fsp3) is 0.375. The van der Waals surface area contributed by atoms with Crippen molar-refractivity contribution in [3.05, 3.63) is 35.4 Å². The van der Waals surface area contributed by atoms with Gasteiger partial charge in [0.1, 0.15) is 0 Å². The Balaban J connectivity index is 2.46. The van der Waals surface area contributed by atoms with Crippen LogP contribution in [0.15, 0.2) is 24.3 Å². The molecule has 2 rings (SSSR count). The van der Waals surface area contributed by atoms with Gasteiger partial charge in [-0.05, 0) is 18.1 Å². The van der Waals surface area contributed by atoms with Crippen LogP contribution in [-0.2, 0) is 14.3 Å². The van der Waals surface area contributed by atoms with Crippen molar-refractivity contribution in [2.24, 2.45) is 11.7 Å². The Kier molecular flexibility index (Phi) is 4.60. The molecule has 0 fully saturated rings. The second kappa shape index (κ2) is 6.29. The van der Waals surface area contributed by atoms with Gasteiger partial charge < -0.3 is 10.5 Å². The lowest BCUT2D eigenvalue weighted by Gasteiger charge is -2.26. The highest BCUT2D eigenvalue weighted by atomic mass is 16.5. The number of carbonyl (C=O) groups is 4. The van der Waals surface area contributed by atoms with Crippen molar-refractivity contribution in [2.75, 3.05) is 7.11 Å². The topological polar surface area (TPSA) is 107 Å². The van der Waals surface area contributed by atoms with Crippen LogP contribution in [0.3, 0.4) is 0 Å². The quantitative estimate of drug-likeness (QED) is 0.478. The lowest BCUT2D eigenvalue weighted by atomic mass is 9.95. The van der Waals surface area contributed by atoms with Gasteiger partial charge >= 0.3 is 5.97 Å². The summed E-state index contributed by atoms with van der Waals surface area (Å²) in [5.74, 6) is -3.37. The summed E-state index contributed by atoms with van der Waals surface area (Å²) in [6.45, 7) is 3.42. The Morgan fingerprint density at radius 3 is 1.96 bits per heavy atom. The number of ether oxygens (including phenoxy) is 1. The molecule has 0 spiro atoms. The van der Waals surface area contributed by atoms with E-state index in [0.717, 1.165) is 7.11 Å². The number of amides is 2. The Labute approximate surface area is 133 Å². The second-order valence-electron chi connectivity index (χ2n) is 5.62. The number of nitrogens with zero attached hydrogens (tertiary/aromatic N) is 1. The molecule has 23 heavy (non-hydrogen) atoms. The van der Waals surface area contributed by atoms with Gasteiger partial charge in [0.2, 0.25) is 0 Å². The minimum atomic E-state index is -1.68. The number of hydrogen-bond donors (Lipinski definition) is 1. The number of Topliss-reactive ketones (excluding diaryl/α,β-unsaturated/α-hetero) is 1. The van der Waals surface area contributed by atoms with E-state index in [0.29, 0.717) is 4.90 Å². The maximum atomic E-state index is 12.5. The van der Waals surface area contributed by atoms with Crippen molar-refractivity contribution in [1.82, 2.24) is 4.90 Å². The summed E-state index contributed by atoms with van der Waals surface area (Å²) in [6.07, 6.45) is 0. The van der Waals surface area contributed by atoms with Gasteiger partial charge in [-0.2, -0.15) is 0 Å². The highest BCUT2D eigenvalue weighted by Gasteiger charge is 2.48. The molecular weight excluding hydrogens is 300 g/mol. The summed E-state index contributed by atoms with van der Waals surface area (Å²) in [5, 5.41) is 0. The largest absolute Gasteiger partial charge is 0.467 e. The standard InChI is InChI=1S/C16H18N2O5/c1-8(2)11(17)13(19)12(16(22)23-3)18-14(20)9-6-4-5-7-10(9)15(18)21/h4-8,11-12H,17H2,1-3H3/t11-,12-/m0/s1. The van der Waals surface area contributed by atoms with Crippen molar-refractivity contribution in [2.45, 2.75) is 25.9 Å². The van der Waals surface area contributed by atoms with Gasteiger partial charge in [0.15, 0.2) is 11.8 Å². The molecule has 1 aromatic rings. The smallest absolute Gasteiger partial charge is 0.336 e. The summed E-state index contributed by atoms with van der Waals surface area (Å²) in [4.78, 5) is 50.2. The second-order valence-corrected chi connectivity index (χ2v) is 5.62. The number of fused-ring (bicyclic) bond motifs is 1. The van der Waals surface area contributed by atoms with Crippen molar-refractivity contribution in [3.63, 3.8) is 0 Å². The zero-order chi connectivity index (χ0) is 17.3. The van der Waals surface area contributed by atoms with Crippen molar-refractivity contribution in [3.8, 4) is 0 Å². The summed E-state index contributed by atoms with van der Waals surface area (Å²) in [7, 11) is 1.08. The predicted molar refractivity (Wildman–Crippen MR) is 80.6 cm³/mol. The van der Waals surface area contributed by atoms with Crippen LogP contribution in [-0.4, -0.2) is 47.7 Å². The number of rotatable bonds is 5. The summed E-state index contributed by atoms with van der Waals surface area (Å²) in [5.41, 5.74) is 6.11. The number of imide groups is 1. The van der Waals surface area contributed by atoms with Crippen LogP contribution >= 0.6 is 0 Å². The molecule has 0 saturated carbocycles. The molecule has 2 amide bonds. The van der Waals surface area contributed by atoms with Crippen LogP contribution in [0.5, 0.6) is 0 Å². The first kappa shape index (κ1) is 16.8. The summed E-state index contributed by atoms with van der Waals surface area (Å²) >= 11 is 0. The van der Waals surface area contributed by atoms with Gasteiger partial charge in [-0.3, -0.25) is 19.3 Å². The van der Waals surface area contributed by atoms with E-state index < -0.39 is 35.7 Å². The highest BCUT2D eigenvalue weighted by molar-refractivity contribution is 6.25. The molecule has 7 nitrogen and oxygen atoms in total. The van der Waals surface area contributed by atoms with Gasteiger partial charge in [-0.15, -0.1) is 0 Å². The van der Waals surface area contributed by atoms with E-state index in [2.05, 4.69) is 4.74 Å². The van der Waals surface area contributed by atoms with Crippen molar-refractivity contribution < 1.29 is 23.9 Å². The zero-order valence-corrected chi connectivity index (χ0v) is 13.1. The first-order valence-corrected chi connectivity index (χ1v) is 7.15. The third-order valence-corrected chi connectivity index (χ3v) is 3.82. The normalized spacial score (nSPS) is 16.3. The number of nitrogens with two attached hydrogens (primary N) is 1. The number of ketones is 1. The fourth-order valence-corrected chi connectivity index (χ4v) is 2.41. The lowest BCUT2D eigenvalue weighted by Crippen LogP contribution is -2.56. The molecule has 0 aromatic heterocycles. The van der Waals surface area contributed by atoms with Gasteiger partial charge in [0.05, 0.1) is 24.3 Å². The fourth-order valence-electron chi connectivity index (χ4n) is 2.41. The molecule has 2 atom stereocenters. The number of carbonyl (C=O) groups excluding carboxylic acids is 4. The van der Waals surface area contributed by atoms with Crippen LogP contribution in [0.1, 0.15) is 34.6 Å². The number of hydrogen-bond acceptors (Lipinski definition) is 6. The first-order chi connectivity index (χ1) is 10.8. The minimum absolute atomic E-state index is 0.150. The van der Waals surface area contributed by atoms with Crippen LogP contribution < -0.4 is 5.73 Å². The van der Waals surface area contributed by atoms with E-state index in [-0.39, 0.29) is 17.0 Å². The monoisotopic (exact) mass is 318 g/mol. The Hall–Kier alpha value is -2.54. The average molecular weight is 318 g/mol. The molecule has 122 valence electrons. The SMILES string of the molecule is COC(=O)[C@H](C(=O)[C@@H](N)C(C)C)N1C(=O)c2ccccc2C1=O. The summed E-state index contributed by atoms with van der Waals surface area (Å²) in [6, 6.07) is 3.46. The molecule has 0 aliphatic carbocycles. The molecule has 0 bridgehead atoms. The van der Waals surface area contributed by atoms with Crippen LogP contribution in [0, 0.1) is 5.92 Å². The number of methoxy groups -OCH3 is 1. The van der Waals surface area contributed by atoms with E-state index >= 15 is 0 Å². The molecule has 1 aliphatic heterocycles. The predicted octanol–water partition coefficient (Wildman–Crippen LogP) is 0.377.